The first kappa shape index (κ1) is 35.6. The van der Waals surface area contributed by atoms with E-state index >= 15 is 0 Å². The number of benzene rings is 2. The first-order valence-corrected chi connectivity index (χ1v) is 13.8. The fraction of sp³-hybridized carbons (Fsp3) is 0.483. The number of carbonyl (C=O) groups excluding carboxylic acids is 1. The molecule has 0 aromatic heterocycles. The Morgan fingerprint density at radius 1 is 1.14 bits per heavy atom. The predicted molar refractivity (Wildman–Crippen MR) is 167 cm³/mol. The number of hydrogen-bond acceptors (Lipinski definition) is 6. The molecule has 0 spiro atoms. The van der Waals surface area contributed by atoms with E-state index in [4.69, 9.17) is 22.2 Å². The molecule has 2 aliphatic heterocycles. The Labute approximate surface area is 262 Å². The van der Waals surface area contributed by atoms with Crippen LogP contribution in [-0.2, 0) is 17.4 Å². The molecule has 230 valence electrons. The van der Waals surface area contributed by atoms with Crippen molar-refractivity contribution in [3.63, 3.8) is 0 Å². The number of aryl methyl sites for hydroxylation is 1. The first-order valence-electron chi connectivity index (χ1n) is 13.4. The maximum atomic E-state index is 13.6. The van der Waals surface area contributed by atoms with E-state index in [0.717, 1.165) is 60.9 Å². The third kappa shape index (κ3) is 7.12. The summed E-state index contributed by atoms with van der Waals surface area (Å²) in [5, 5.41) is 12.7. The number of alkyl halides is 3. The molecule has 1 atom stereocenters. The van der Waals surface area contributed by atoms with Gasteiger partial charge in [-0.2, -0.15) is 18.4 Å². The highest BCUT2D eigenvalue weighted by Crippen LogP contribution is 2.40. The number of piperazine rings is 1. The van der Waals surface area contributed by atoms with Gasteiger partial charge in [-0.15, -0.1) is 24.8 Å². The van der Waals surface area contributed by atoms with Crippen LogP contribution >= 0.6 is 37.0 Å². The zero-order chi connectivity index (χ0) is 29.2. The average Bonchev–Trinajstić information content (AvgIpc) is 3.11. The molecule has 7 nitrogen and oxygen atoms in total. The quantitative estimate of drug-likeness (QED) is 0.355. The van der Waals surface area contributed by atoms with Crippen molar-refractivity contribution in [2.45, 2.75) is 58.3 Å². The molecule has 2 heterocycles. The van der Waals surface area contributed by atoms with E-state index in [1.807, 2.05) is 25.1 Å². The molecule has 42 heavy (non-hydrogen) atoms. The van der Waals surface area contributed by atoms with Crippen LogP contribution in [0.3, 0.4) is 0 Å². The van der Waals surface area contributed by atoms with Crippen molar-refractivity contribution in [2.75, 3.05) is 42.6 Å². The number of ether oxygens (including phenoxy) is 1. The number of nitrogens with one attached hydrogen (secondary N) is 1. The summed E-state index contributed by atoms with van der Waals surface area (Å²) >= 11 is 5.67. The van der Waals surface area contributed by atoms with Crippen LogP contribution in [0.25, 0.3) is 0 Å². The zero-order valence-electron chi connectivity index (χ0n) is 24.0. The number of amides is 1. The van der Waals surface area contributed by atoms with Gasteiger partial charge in [0, 0.05) is 37.9 Å². The summed E-state index contributed by atoms with van der Waals surface area (Å²) in [6.07, 6.45) is -2.99. The van der Waals surface area contributed by atoms with Gasteiger partial charge in [0.1, 0.15) is 17.9 Å². The second-order valence-electron chi connectivity index (χ2n) is 10.5. The molecule has 2 fully saturated rings. The van der Waals surface area contributed by atoms with Crippen molar-refractivity contribution in [1.82, 2.24) is 10.2 Å². The molecule has 0 bridgehead atoms. The second-order valence-corrected chi connectivity index (χ2v) is 10.9. The van der Waals surface area contributed by atoms with Crippen molar-refractivity contribution in [3.05, 3.63) is 53.1 Å². The van der Waals surface area contributed by atoms with Crippen LogP contribution in [0.4, 0.5) is 24.5 Å². The summed E-state index contributed by atoms with van der Waals surface area (Å²) in [5.41, 5.74) is -1.24. The SMILES string of the molecule is CCc1cc(N2C(=S)N(c3ccc(C#N)c(C(F)(F)F)c3)C(=O)C2(C)C)ccc1OCCN1CCN[C@@H](CC)C1.Cl.Cl. The van der Waals surface area contributed by atoms with E-state index in [9.17, 15) is 18.0 Å². The largest absolute Gasteiger partial charge is 0.492 e. The van der Waals surface area contributed by atoms with E-state index in [1.54, 1.807) is 24.8 Å². The lowest BCUT2D eigenvalue weighted by Gasteiger charge is -2.33. The number of thiocarbonyl (C=S) groups is 1. The molecule has 1 N–H and O–H groups in total. The highest BCUT2D eigenvalue weighted by atomic mass is 35.5. The third-order valence-electron chi connectivity index (χ3n) is 7.54. The van der Waals surface area contributed by atoms with E-state index in [0.29, 0.717) is 24.8 Å². The summed E-state index contributed by atoms with van der Waals surface area (Å²) in [6, 6.07) is 10.8. The van der Waals surface area contributed by atoms with E-state index in [1.165, 1.54) is 6.07 Å². The van der Waals surface area contributed by atoms with Gasteiger partial charge in [-0.1, -0.05) is 13.8 Å². The van der Waals surface area contributed by atoms with Crippen LogP contribution in [0.1, 0.15) is 50.8 Å². The molecule has 4 rings (SSSR count). The minimum atomic E-state index is -4.75. The van der Waals surface area contributed by atoms with Crippen LogP contribution in [0.2, 0.25) is 0 Å². The predicted octanol–water partition coefficient (Wildman–Crippen LogP) is 5.96. The molecular weight excluding hydrogens is 610 g/mol. The number of hydrogen-bond donors (Lipinski definition) is 1. The molecule has 13 heteroatoms. The van der Waals surface area contributed by atoms with Crippen molar-refractivity contribution in [3.8, 4) is 11.8 Å². The number of carbonyl (C=O) groups is 1. The van der Waals surface area contributed by atoms with Crippen LogP contribution in [0.5, 0.6) is 5.75 Å². The molecule has 1 amide bonds. The molecular formula is C29H36Cl2F3N5O2S. The van der Waals surface area contributed by atoms with E-state index in [2.05, 4.69) is 17.1 Å². The number of rotatable bonds is 8. The Balaban J connectivity index is 0.00000308. The Bertz CT molecular complexity index is 1340. The maximum Gasteiger partial charge on any atom is 0.417 e. The van der Waals surface area contributed by atoms with Gasteiger partial charge in [0.05, 0.1) is 22.9 Å². The summed E-state index contributed by atoms with van der Waals surface area (Å²) in [7, 11) is 0. The Kier molecular flexibility index (Phi) is 12.1. The number of nitrogens with zero attached hydrogens (tertiary/aromatic N) is 4. The number of anilines is 2. The van der Waals surface area contributed by atoms with Gasteiger partial charge in [0.15, 0.2) is 5.11 Å². The Morgan fingerprint density at radius 2 is 1.83 bits per heavy atom. The summed E-state index contributed by atoms with van der Waals surface area (Å²) < 4.78 is 47.0. The molecule has 0 aliphatic carbocycles. The molecule has 0 radical (unpaired) electrons. The van der Waals surface area contributed by atoms with Crippen molar-refractivity contribution in [1.29, 1.82) is 5.26 Å². The molecule has 0 saturated carbocycles. The van der Waals surface area contributed by atoms with Gasteiger partial charge in [0.2, 0.25) is 0 Å². The fourth-order valence-corrected chi connectivity index (χ4v) is 5.76. The Hall–Kier alpha value is -2.62. The highest BCUT2D eigenvalue weighted by molar-refractivity contribution is 7.81. The van der Waals surface area contributed by atoms with Crippen molar-refractivity contribution < 1.29 is 22.7 Å². The summed E-state index contributed by atoms with van der Waals surface area (Å²) in [6.45, 7) is 11.9. The average molecular weight is 647 g/mol. The lowest BCUT2D eigenvalue weighted by Crippen LogP contribution is -2.51. The van der Waals surface area contributed by atoms with Crippen LogP contribution in [-0.4, -0.2) is 60.3 Å². The smallest absolute Gasteiger partial charge is 0.417 e. The third-order valence-corrected chi connectivity index (χ3v) is 7.90. The van der Waals surface area contributed by atoms with E-state index in [-0.39, 0.29) is 35.6 Å². The summed E-state index contributed by atoms with van der Waals surface area (Å²) in [4.78, 5) is 18.7. The first-order chi connectivity index (χ1) is 18.9. The normalized spacial score (nSPS) is 18.8. The van der Waals surface area contributed by atoms with Crippen LogP contribution in [0, 0.1) is 11.3 Å². The standard InChI is InChI=1S/C29H34F3N5O2S.2ClH/c1-5-19-15-23(9-10-25(19)39-14-13-35-12-11-34-21(6-2)18-35)37-27(40)36(26(38)28(37,3)4)22-8-7-20(17-33)24(16-22)29(30,31)32;;/h7-10,15-16,21,34H,5-6,11-14,18H2,1-4H3;2*1H/t21-;;/m0../s1. The minimum Gasteiger partial charge on any atom is -0.492 e. The lowest BCUT2D eigenvalue weighted by atomic mass is 10.0. The summed E-state index contributed by atoms with van der Waals surface area (Å²) in [5.74, 6) is 0.288. The molecule has 0 unspecified atom stereocenters. The van der Waals surface area contributed by atoms with Crippen molar-refractivity contribution >= 4 is 59.4 Å². The zero-order valence-corrected chi connectivity index (χ0v) is 26.4. The maximum absolute atomic E-state index is 13.6. The lowest BCUT2D eigenvalue weighted by molar-refractivity contribution is -0.137. The Morgan fingerprint density at radius 3 is 2.45 bits per heavy atom. The molecule has 2 saturated heterocycles. The molecule has 2 aliphatic rings. The van der Waals surface area contributed by atoms with Crippen LogP contribution in [0.15, 0.2) is 36.4 Å². The minimum absolute atomic E-state index is 0. The van der Waals surface area contributed by atoms with Gasteiger partial charge in [-0.25, -0.2) is 0 Å². The fourth-order valence-electron chi connectivity index (χ4n) is 5.24. The number of nitriles is 1. The molecule has 2 aromatic rings. The monoisotopic (exact) mass is 645 g/mol. The van der Waals surface area contributed by atoms with Gasteiger partial charge < -0.3 is 15.0 Å². The number of halogens is 5. The topological polar surface area (TPSA) is 71.8 Å². The van der Waals surface area contributed by atoms with E-state index < -0.39 is 28.7 Å². The van der Waals surface area contributed by atoms with Gasteiger partial charge in [-0.3, -0.25) is 14.6 Å². The van der Waals surface area contributed by atoms with Gasteiger partial charge in [0.25, 0.3) is 5.91 Å². The van der Waals surface area contributed by atoms with Gasteiger partial charge >= 0.3 is 6.18 Å². The van der Waals surface area contributed by atoms with Gasteiger partial charge in [-0.05, 0) is 80.9 Å². The second kappa shape index (κ2) is 14.2. The molecule has 2 aromatic carbocycles. The van der Waals surface area contributed by atoms with Crippen molar-refractivity contribution in [2.24, 2.45) is 0 Å². The highest BCUT2D eigenvalue weighted by Gasteiger charge is 2.50. The van der Waals surface area contributed by atoms with Crippen LogP contribution < -0.4 is 19.9 Å².